The van der Waals surface area contributed by atoms with E-state index in [9.17, 15) is 9.90 Å². The summed E-state index contributed by atoms with van der Waals surface area (Å²) in [5, 5.41) is 9.59. The molecule has 0 radical (unpaired) electrons. The molecule has 292 valence electrons. The van der Waals surface area contributed by atoms with Crippen molar-refractivity contribution in [3.63, 3.8) is 0 Å². The van der Waals surface area contributed by atoms with E-state index >= 15 is 0 Å². The molecule has 0 saturated heterocycles. The van der Waals surface area contributed by atoms with Crippen molar-refractivity contribution in [2.24, 2.45) is 0 Å². The molecule has 0 aliphatic rings. The van der Waals surface area contributed by atoms with Crippen molar-refractivity contribution in [1.82, 2.24) is 0 Å². The first-order chi connectivity index (χ1) is 25.2. The van der Waals surface area contributed by atoms with Crippen LogP contribution in [0.15, 0.2) is 85.1 Å². The van der Waals surface area contributed by atoms with Gasteiger partial charge in [-0.25, -0.2) is 0 Å². The predicted octanol–water partition coefficient (Wildman–Crippen LogP) is 14.0. The molecule has 0 amide bonds. The van der Waals surface area contributed by atoms with Crippen LogP contribution in [-0.4, -0.2) is 37.0 Å². The minimum Gasteiger partial charge on any atom is -0.457 e. The standard InChI is InChI=1S/C47H80O4/c1-3-5-7-9-11-13-15-17-19-21-22-23-24-25-27-29-31-33-35-37-39-41-43-50-45-46(44-48)51-47(49)42-40-38-36-34-32-30-28-26-20-18-16-14-12-10-8-6-4-2/h6,8,12,14-15,17-18,20-22,28,30,34,36,46,48H,3-5,7,9-11,13,16,19,23-27,29,31-33,35,37-45H2,1-2H3/b8-6-,14-12-,17-15-,20-18-,22-21-,30-28-,36-34-. The Morgan fingerprint density at radius 2 is 0.882 bits per heavy atom. The molecule has 0 saturated carbocycles. The van der Waals surface area contributed by atoms with Gasteiger partial charge >= 0.3 is 5.97 Å². The monoisotopic (exact) mass is 709 g/mol. The molecular weight excluding hydrogens is 629 g/mol. The molecular formula is C47H80O4. The zero-order valence-corrected chi connectivity index (χ0v) is 33.3. The molecule has 4 nitrogen and oxygen atoms in total. The SMILES string of the molecule is CC/C=C\C/C=C\C/C=C\C/C=C\C/C=C\CCCC(=O)OC(CO)COCCCCCCCCCCCC/C=C\C/C=C\CCCCCCC. The fourth-order valence-corrected chi connectivity index (χ4v) is 5.57. The average Bonchev–Trinajstić information content (AvgIpc) is 3.14. The minimum atomic E-state index is -0.570. The van der Waals surface area contributed by atoms with E-state index < -0.39 is 6.10 Å². The van der Waals surface area contributed by atoms with E-state index in [1.54, 1.807) is 0 Å². The van der Waals surface area contributed by atoms with Crippen molar-refractivity contribution in [2.75, 3.05) is 19.8 Å². The van der Waals surface area contributed by atoms with Crippen LogP contribution < -0.4 is 0 Å². The van der Waals surface area contributed by atoms with Crippen LogP contribution in [0.4, 0.5) is 0 Å². The zero-order valence-electron chi connectivity index (χ0n) is 33.3. The largest absolute Gasteiger partial charge is 0.457 e. The van der Waals surface area contributed by atoms with Gasteiger partial charge in [-0.05, 0) is 83.5 Å². The quantitative estimate of drug-likeness (QED) is 0.0394. The molecule has 0 aromatic rings. The molecule has 0 aromatic carbocycles. The van der Waals surface area contributed by atoms with Gasteiger partial charge in [-0.15, -0.1) is 0 Å². The van der Waals surface area contributed by atoms with Crippen LogP contribution in [0, 0.1) is 0 Å². The lowest BCUT2D eigenvalue weighted by Crippen LogP contribution is -2.27. The van der Waals surface area contributed by atoms with Crippen molar-refractivity contribution < 1.29 is 19.4 Å². The highest BCUT2D eigenvalue weighted by Crippen LogP contribution is 2.12. The summed E-state index contributed by atoms with van der Waals surface area (Å²) in [4.78, 5) is 12.2. The lowest BCUT2D eigenvalue weighted by molar-refractivity contribution is -0.154. The van der Waals surface area contributed by atoms with Gasteiger partial charge in [0, 0.05) is 13.0 Å². The summed E-state index contributed by atoms with van der Waals surface area (Å²) in [6.07, 6.45) is 60.7. The third-order valence-corrected chi connectivity index (χ3v) is 8.70. The number of aliphatic hydroxyl groups is 1. The molecule has 0 bridgehead atoms. The number of esters is 1. The van der Waals surface area contributed by atoms with E-state index in [2.05, 4.69) is 98.9 Å². The first-order valence-electron chi connectivity index (χ1n) is 21.2. The summed E-state index contributed by atoms with van der Waals surface area (Å²) < 4.78 is 11.1. The van der Waals surface area contributed by atoms with Gasteiger partial charge in [-0.2, -0.15) is 0 Å². The topological polar surface area (TPSA) is 55.8 Å². The van der Waals surface area contributed by atoms with Crippen LogP contribution >= 0.6 is 0 Å². The number of carbonyl (C=O) groups excluding carboxylic acids is 1. The smallest absolute Gasteiger partial charge is 0.306 e. The Balaban J connectivity index is 3.54. The van der Waals surface area contributed by atoms with E-state index in [-0.39, 0.29) is 19.2 Å². The van der Waals surface area contributed by atoms with Crippen LogP contribution in [0.1, 0.15) is 181 Å². The van der Waals surface area contributed by atoms with Crippen molar-refractivity contribution in [3.05, 3.63) is 85.1 Å². The average molecular weight is 709 g/mol. The second-order valence-electron chi connectivity index (χ2n) is 13.7. The van der Waals surface area contributed by atoms with Gasteiger partial charge in [0.25, 0.3) is 0 Å². The highest BCUT2D eigenvalue weighted by molar-refractivity contribution is 5.69. The van der Waals surface area contributed by atoms with Crippen molar-refractivity contribution in [1.29, 1.82) is 0 Å². The van der Waals surface area contributed by atoms with E-state index in [0.29, 0.717) is 13.0 Å². The lowest BCUT2D eigenvalue weighted by Gasteiger charge is -2.15. The fraction of sp³-hybridized carbons (Fsp3) is 0.681. The maximum atomic E-state index is 12.2. The molecule has 1 unspecified atom stereocenters. The molecule has 0 aromatic heterocycles. The van der Waals surface area contributed by atoms with Gasteiger partial charge < -0.3 is 14.6 Å². The third-order valence-electron chi connectivity index (χ3n) is 8.70. The number of hydrogen-bond donors (Lipinski definition) is 1. The Morgan fingerprint density at radius 3 is 1.33 bits per heavy atom. The Hall–Kier alpha value is -2.43. The van der Waals surface area contributed by atoms with Gasteiger partial charge in [0.2, 0.25) is 0 Å². The molecule has 1 N–H and O–H groups in total. The van der Waals surface area contributed by atoms with E-state index in [0.717, 1.165) is 57.8 Å². The van der Waals surface area contributed by atoms with E-state index in [1.165, 1.54) is 103 Å². The Labute approximate surface area is 316 Å². The number of rotatable bonds is 38. The van der Waals surface area contributed by atoms with Gasteiger partial charge in [0.1, 0.15) is 6.10 Å². The highest BCUT2D eigenvalue weighted by Gasteiger charge is 2.13. The Kier molecular flexibility index (Phi) is 41.6. The summed E-state index contributed by atoms with van der Waals surface area (Å²) in [7, 11) is 0. The first-order valence-corrected chi connectivity index (χ1v) is 21.2. The molecule has 0 aliphatic heterocycles. The molecule has 1 atom stereocenters. The molecule has 0 aliphatic carbocycles. The van der Waals surface area contributed by atoms with Crippen molar-refractivity contribution in [3.8, 4) is 0 Å². The molecule has 0 spiro atoms. The highest BCUT2D eigenvalue weighted by atomic mass is 16.6. The lowest BCUT2D eigenvalue weighted by atomic mass is 10.1. The second kappa shape index (κ2) is 43.7. The normalized spacial score (nSPS) is 13.2. The van der Waals surface area contributed by atoms with Crippen LogP contribution in [0.3, 0.4) is 0 Å². The maximum absolute atomic E-state index is 12.2. The Morgan fingerprint density at radius 1 is 0.490 bits per heavy atom. The van der Waals surface area contributed by atoms with Crippen LogP contribution in [-0.2, 0) is 14.3 Å². The summed E-state index contributed by atoms with van der Waals surface area (Å²) in [5.41, 5.74) is 0. The molecule has 4 heteroatoms. The predicted molar refractivity (Wildman–Crippen MR) is 223 cm³/mol. The summed E-state index contributed by atoms with van der Waals surface area (Å²) in [5.74, 6) is -0.260. The van der Waals surface area contributed by atoms with Gasteiger partial charge in [0.05, 0.1) is 13.2 Å². The van der Waals surface area contributed by atoms with Crippen LogP contribution in [0.25, 0.3) is 0 Å². The number of allylic oxidation sites excluding steroid dienone is 14. The number of unbranched alkanes of at least 4 members (excludes halogenated alkanes) is 16. The first kappa shape index (κ1) is 48.6. The molecule has 0 rings (SSSR count). The number of ether oxygens (including phenoxy) is 2. The van der Waals surface area contributed by atoms with Gasteiger partial charge in [-0.3, -0.25) is 4.79 Å². The summed E-state index contributed by atoms with van der Waals surface area (Å²) >= 11 is 0. The Bertz CT molecular complexity index is 923. The van der Waals surface area contributed by atoms with Crippen LogP contribution in [0.5, 0.6) is 0 Å². The van der Waals surface area contributed by atoms with Crippen LogP contribution in [0.2, 0.25) is 0 Å². The molecule has 51 heavy (non-hydrogen) atoms. The maximum Gasteiger partial charge on any atom is 0.306 e. The zero-order chi connectivity index (χ0) is 37.0. The number of carbonyl (C=O) groups is 1. The van der Waals surface area contributed by atoms with Gasteiger partial charge in [0.15, 0.2) is 0 Å². The summed E-state index contributed by atoms with van der Waals surface area (Å²) in [6.45, 7) is 5.15. The van der Waals surface area contributed by atoms with Crippen molar-refractivity contribution in [2.45, 2.75) is 187 Å². The number of aliphatic hydroxyl groups excluding tert-OH is 1. The molecule has 0 heterocycles. The minimum absolute atomic E-state index is 0.200. The van der Waals surface area contributed by atoms with E-state index in [1.807, 2.05) is 0 Å². The van der Waals surface area contributed by atoms with Crippen molar-refractivity contribution >= 4 is 5.97 Å². The summed E-state index contributed by atoms with van der Waals surface area (Å²) in [6, 6.07) is 0. The number of hydrogen-bond acceptors (Lipinski definition) is 4. The second-order valence-corrected chi connectivity index (χ2v) is 13.7. The third kappa shape index (κ3) is 41.9. The van der Waals surface area contributed by atoms with Gasteiger partial charge in [-0.1, -0.05) is 176 Å². The molecule has 0 fully saturated rings. The fourth-order valence-electron chi connectivity index (χ4n) is 5.57. The van der Waals surface area contributed by atoms with E-state index in [4.69, 9.17) is 9.47 Å².